The SMILES string of the molecule is Cc1ccc(NC(=O)CCc2noc(C3(O)CC(CC(C)(C)C)C3)c2C2CC2)c(Cl)c1. The lowest BCUT2D eigenvalue weighted by Crippen LogP contribution is -2.42. The van der Waals surface area contributed by atoms with Crippen LogP contribution in [0.15, 0.2) is 22.7 Å². The minimum atomic E-state index is -0.906. The average molecular weight is 445 g/mol. The highest BCUT2D eigenvalue weighted by Crippen LogP contribution is 2.54. The minimum Gasteiger partial charge on any atom is -0.382 e. The summed E-state index contributed by atoms with van der Waals surface area (Å²) >= 11 is 6.22. The maximum atomic E-state index is 12.5. The number of aryl methyl sites for hydroxylation is 2. The zero-order valence-corrected chi connectivity index (χ0v) is 19.7. The van der Waals surface area contributed by atoms with Crippen LogP contribution in [0.3, 0.4) is 0 Å². The zero-order valence-electron chi connectivity index (χ0n) is 18.9. The summed E-state index contributed by atoms with van der Waals surface area (Å²) in [5, 5.41) is 18.9. The molecule has 0 unspecified atom stereocenters. The van der Waals surface area contributed by atoms with Crippen molar-refractivity contribution in [3.05, 3.63) is 45.8 Å². The lowest BCUT2D eigenvalue weighted by atomic mass is 9.64. The van der Waals surface area contributed by atoms with E-state index in [0.29, 0.717) is 41.1 Å². The molecule has 31 heavy (non-hydrogen) atoms. The number of rotatable bonds is 7. The van der Waals surface area contributed by atoms with Gasteiger partial charge in [-0.25, -0.2) is 0 Å². The highest BCUT2D eigenvalue weighted by Gasteiger charge is 2.51. The fourth-order valence-corrected chi connectivity index (χ4v) is 5.18. The molecular formula is C25H33ClN2O3. The van der Waals surface area contributed by atoms with E-state index in [1.54, 1.807) is 0 Å². The molecule has 2 aliphatic carbocycles. The predicted molar refractivity (Wildman–Crippen MR) is 122 cm³/mol. The third-order valence-electron chi connectivity index (χ3n) is 6.35. The first-order valence-corrected chi connectivity index (χ1v) is 11.7. The Morgan fingerprint density at radius 1 is 1.32 bits per heavy atom. The number of benzene rings is 1. The molecule has 0 aliphatic heterocycles. The Bertz CT molecular complexity index is 966. The number of carbonyl (C=O) groups is 1. The predicted octanol–water partition coefficient (Wildman–Crippen LogP) is 6.12. The fourth-order valence-electron chi connectivity index (χ4n) is 4.90. The van der Waals surface area contributed by atoms with Crippen LogP contribution in [0.1, 0.15) is 87.8 Å². The fraction of sp³-hybridized carbons (Fsp3) is 0.600. The van der Waals surface area contributed by atoms with E-state index < -0.39 is 5.60 Å². The smallest absolute Gasteiger partial charge is 0.224 e. The van der Waals surface area contributed by atoms with E-state index in [9.17, 15) is 9.90 Å². The Morgan fingerprint density at radius 3 is 2.65 bits per heavy atom. The number of hydrogen-bond acceptors (Lipinski definition) is 4. The monoisotopic (exact) mass is 444 g/mol. The van der Waals surface area contributed by atoms with E-state index in [1.165, 1.54) is 0 Å². The van der Waals surface area contributed by atoms with Crippen molar-refractivity contribution in [3.8, 4) is 0 Å². The zero-order chi connectivity index (χ0) is 22.4. The van der Waals surface area contributed by atoms with E-state index >= 15 is 0 Å². The molecule has 0 bridgehead atoms. The molecular weight excluding hydrogens is 412 g/mol. The molecule has 4 rings (SSSR count). The normalized spacial score (nSPS) is 23.5. The Labute approximate surface area is 189 Å². The highest BCUT2D eigenvalue weighted by atomic mass is 35.5. The Balaban J connectivity index is 1.41. The van der Waals surface area contributed by atoms with Gasteiger partial charge in [-0.3, -0.25) is 4.79 Å². The van der Waals surface area contributed by atoms with Crippen molar-refractivity contribution in [3.63, 3.8) is 0 Å². The molecule has 1 aromatic carbocycles. The number of amides is 1. The number of hydrogen-bond donors (Lipinski definition) is 2. The van der Waals surface area contributed by atoms with Crippen LogP contribution in [-0.2, 0) is 16.8 Å². The van der Waals surface area contributed by atoms with Crippen molar-refractivity contribution in [2.45, 2.75) is 84.2 Å². The lowest BCUT2D eigenvalue weighted by Gasteiger charge is -2.44. The molecule has 1 heterocycles. The quantitative estimate of drug-likeness (QED) is 0.539. The van der Waals surface area contributed by atoms with Gasteiger partial charge in [0.05, 0.1) is 16.4 Å². The average Bonchev–Trinajstić information content (AvgIpc) is 3.38. The van der Waals surface area contributed by atoms with E-state index in [1.807, 2.05) is 25.1 Å². The molecule has 2 saturated carbocycles. The van der Waals surface area contributed by atoms with Gasteiger partial charge in [0.25, 0.3) is 0 Å². The third kappa shape index (κ3) is 5.15. The Morgan fingerprint density at radius 2 is 2.03 bits per heavy atom. The van der Waals surface area contributed by atoms with Crippen LogP contribution in [0, 0.1) is 18.3 Å². The first-order valence-electron chi connectivity index (χ1n) is 11.3. The summed E-state index contributed by atoms with van der Waals surface area (Å²) in [5.41, 5.74) is 2.89. The number of aromatic nitrogens is 1. The van der Waals surface area contributed by atoms with Gasteiger partial charge >= 0.3 is 0 Å². The van der Waals surface area contributed by atoms with Crippen molar-refractivity contribution in [1.82, 2.24) is 5.16 Å². The van der Waals surface area contributed by atoms with Crippen LogP contribution in [0.2, 0.25) is 5.02 Å². The number of carbonyl (C=O) groups excluding carboxylic acids is 1. The molecule has 1 amide bonds. The molecule has 2 N–H and O–H groups in total. The second kappa shape index (κ2) is 8.25. The standard InChI is InChI=1S/C25H33ClN2O3/c1-15-5-8-19(18(26)11-15)27-21(29)10-9-20-22(17-6-7-17)23(31-28-20)25(30)13-16(14-25)12-24(2,3)4/h5,8,11,16-17,30H,6-7,9-10,12-14H2,1-4H3,(H,27,29). The van der Waals surface area contributed by atoms with Gasteiger partial charge in [0, 0.05) is 18.4 Å². The molecule has 6 heteroatoms. The van der Waals surface area contributed by atoms with E-state index in [0.717, 1.165) is 48.9 Å². The number of nitrogens with one attached hydrogen (secondary N) is 1. The van der Waals surface area contributed by atoms with Gasteiger partial charge in [-0.2, -0.15) is 0 Å². The third-order valence-corrected chi connectivity index (χ3v) is 6.66. The van der Waals surface area contributed by atoms with Gasteiger partial charge in [-0.15, -0.1) is 0 Å². The largest absolute Gasteiger partial charge is 0.382 e. The first-order chi connectivity index (χ1) is 14.5. The van der Waals surface area contributed by atoms with E-state index in [-0.39, 0.29) is 11.3 Å². The molecule has 1 aromatic heterocycles. The van der Waals surface area contributed by atoms with Crippen molar-refractivity contribution >= 4 is 23.2 Å². The molecule has 0 radical (unpaired) electrons. The van der Waals surface area contributed by atoms with Crippen LogP contribution in [0.25, 0.3) is 0 Å². The lowest BCUT2D eigenvalue weighted by molar-refractivity contribution is -0.116. The Hall–Kier alpha value is -1.85. The summed E-state index contributed by atoms with van der Waals surface area (Å²) in [6.07, 6.45) is 5.52. The van der Waals surface area contributed by atoms with Crippen LogP contribution in [0.5, 0.6) is 0 Å². The molecule has 0 atom stereocenters. The summed E-state index contributed by atoms with van der Waals surface area (Å²) in [7, 11) is 0. The number of nitrogens with zero attached hydrogens (tertiary/aromatic N) is 1. The highest BCUT2D eigenvalue weighted by molar-refractivity contribution is 6.33. The van der Waals surface area contributed by atoms with Crippen LogP contribution in [-0.4, -0.2) is 16.2 Å². The summed E-state index contributed by atoms with van der Waals surface area (Å²) in [6.45, 7) is 8.67. The van der Waals surface area contributed by atoms with Crippen LogP contribution in [0.4, 0.5) is 5.69 Å². The number of anilines is 1. The molecule has 0 saturated heterocycles. The van der Waals surface area contributed by atoms with Crippen LogP contribution >= 0.6 is 11.6 Å². The summed E-state index contributed by atoms with van der Waals surface area (Å²) in [6, 6.07) is 5.57. The number of aliphatic hydroxyl groups is 1. The van der Waals surface area contributed by atoms with Gasteiger partial charge in [-0.1, -0.05) is 43.6 Å². The van der Waals surface area contributed by atoms with Crippen molar-refractivity contribution in [2.24, 2.45) is 11.3 Å². The molecule has 2 aliphatic rings. The van der Waals surface area contributed by atoms with Gasteiger partial charge in [0.2, 0.25) is 5.91 Å². The molecule has 0 spiro atoms. The first kappa shape index (κ1) is 22.3. The maximum absolute atomic E-state index is 12.5. The summed E-state index contributed by atoms with van der Waals surface area (Å²) in [4.78, 5) is 12.5. The summed E-state index contributed by atoms with van der Waals surface area (Å²) in [5.74, 6) is 1.45. The maximum Gasteiger partial charge on any atom is 0.224 e. The number of halogens is 1. The second-order valence-electron chi connectivity index (χ2n) is 10.7. The van der Waals surface area contributed by atoms with Gasteiger partial charge in [-0.05, 0) is 74.0 Å². The Kier molecular flexibility index (Phi) is 5.95. The molecule has 5 nitrogen and oxygen atoms in total. The van der Waals surface area contributed by atoms with Crippen molar-refractivity contribution in [2.75, 3.05) is 5.32 Å². The second-order valence-corrected chi connectivity index (χ2v) is 11.2. The molecule has 2 aromatic rings. The van der Waals surface area contributed by atoms with Gasteiger partial charge in [0.1, 0.15) is 5.60 Å². The van der Waals surface area contributed by atoms with Crippen LogP contribution < -0.4 is 5.32 Å². The van der Waals surface area contributed by atoms with Gasteiger partial charge in [0.15, 0.2) is 5.76 Å². The van der Waals surface area contributed by atoms with E-state index in [2.05, 4.69) is 31.2 Å². The van der Waals surface area contributed by atoms with E-state index in [4.69, 9.17) is 16.1 Å². The minimum absolute atomic E-state index is 0.107. The van der Waals surface area contributed by atoms with Crippen molar-refractivity contribution in [1.29, 1.82) is 0 Å². The van der Waals surface area contributed by atoms with Crippen molar-refractivity contribution < 1.29 is 14.4 Å². The molecule has 168 valence electrons. The topological polar surface area (TPSA) is 75.4 Å². The van der Waals surface area contributed by atoms with Gasteiger partial charge < -0.3 is 14.9 Å². The summed E-state index contributed by atoms with van der Waals surface area (Å²) < 4.78 is 5.71. The molecule has 2 fully saturated rings.